The van der Waals surface area contributed by atoms with Crippen LogP contribution >= 0.6 is 11.8 Å². The number of carbonyl (C=O) groups excluding carboxylic acids is 1. The number of hydrogen-bond acceptors (Lipinski definition) is 6. The molecule has 2 aromatic heterocycles. The molecule has 7 nitrogen and oxygen atoms in total. The highest BCUT2D eigenvalue weighted by Crippen LogP contribution is 2.15. The topological polar surface area (TPSA) is 85.8 Å². The van der Waals surface area contributed by atoms with Crippen LogP contribution in [0, 0.1) is 5.92 Å². The molecule has 2 heterocycles. The summed E-state index contributed by atoms with van der Waals surface area (Å²) in [5, 5.41) is 15.2. The largest absolute Gasteiger partial charge is 0.467 e. The molecule has 0 bridgehead atoms. The monoisotopic (exact) mass is 351 g/mol. The fraction of sp³-hybridized carbons (Fsp3) is 0.625. The lowest BCUT2D eigenvalue weighted by atomic mass is 10.0. The molecular weight excluding hydrogens is 326 g/mol. The molecule has 0 spiro atoms. The molecule has 0 aromatic carbocycles. The summed E-state index contributed by atoms with van der Waals surface area (Å²) < 4.78 is 6.92. The summed E-state index contributed by atoms with van der Waals surface area (Å²) in [6.07, 6.45) is 4.94. The fourth-order valence-corrected chi connectivity index (χ4v) is 2.99. The summed E-state index contributed by atoms with van der Waals surface area (Å²) in [4.78, 5) is 12.0. The number of aromatic nitrogens is 4. The maximum Gasteiger partial charge on any atom is 0.230 e. The highest BCUT2D eigenvalue weighted by Gasteiger charge is 2.13. The molecule has 0 aliphatic carbocycles. The van der Waals surface area contributed by atoms with Gasteiger partial charge in [-0.2, -0.15) is 0 Å². The molecule has 8 heteroatoms. The predicted octanol–water partition coefficient (Wildman–Crippen LogP) is 2.74. The molecule has 132 valence electrons. The minimum Gasteiger partial charge on any atom is -0.467 e. The van der Waals surface area contributed by atoms with E-state index < -0.39 is 0 Å². The van der Waals surface area contributed by atoms with Crippen molar-refractivity contribution in [2.24, 2.45) is 5.92 Å². The van der Waals surface area contributed by atoms with Crippen LogP contribution in [0.25, 0.3) is 0 Å². The summed E-state index contributed by atoms with van der Waals surface area (Å²) in [5.74, 6) is 1.78. The smallest absolute Gasteiger partial charge is 0.230 e. The number of thioether (sulfide) groups is 1. The van der Waals surface area contributed by atoms with Gasteiger partial charge in [0, 0.05) is 6.04 Å². The number of amides is 1. The van der Waals surface area contributed by atoms with Crippen LogP contribution in [0.15, 0.2) is 28.0 Å². The molecule has 0 radical (unpaired) electrons. The Morgan fingerprint density at radius 1 is 1.38 bits per heavy atom. The second-order valence-corrected chi connectivity index (χ2v) is 7.22. The molecule has 1 unspecified atom stereocenters. The lowest BCUT2D eigenvalue weighted by Gasteiger charge is -2.14. The molecule has 0 saturated carbocycles. The molecule has 24 heavy (non-hydrogen) atoms. The molecule has 2 aromatic rings. The predicted molar refractivity (Wildman–Crippen MR) is 92.6 cm³/mol. The molecule has 1 N–H and O–H groups in total. The molecule has 0 saturated heterocycles. The average molecular weight is 351 g/mol. The van der Waals surface area contributed by atoms with Crippen molar-refractivity contribution in [1.82, 2.24) is 25.5 Å². The molecule has 2 rings (SSSR count). The van der Waals surface area contributed by atoms with Crippen molar-refractivity contribution in [3.63, 3.8) is 0 Å². The zero-order chi connectivity index (χ0) is 17.4. The van der Waals surface area contributed by atoms with E-state index >= 15 is 0 Å². The number of carbonyl (C=O) groups is 1. The maximum absolute atomic E-state index is 12.0. The van der Waals surface area contributed by atoms with E-state index in [2.05, 4.69) is 34.7 Å². The molecule has 1 atom stereocenters. The molecule has 0 aliphatic heterocycles. The van der Waals surface area contributed by atoms with E-state index in [9.17, 15) is 4.79 Å². The van der Waals surface area contributed by atoms with Gasteiger partial charge >= 0.3 is 0 Å². The molecule has 0 aliphatic rings. The summed E-state index contributed by atoms with van der Waals surface area (Å²) in [6.45, 7) is 6.93. The number of nitrogens with one attached hydrogen (secondary N) is 1. The van der Waals surface area contributed by atoms with Crippen molar-refractivity contribution in [2.75, 3.05) is 5.75 Å². The first-order chi connectivity index (χ1) is 11.5. The molecule has 0 fully saturated rings. The molecular formula is C16H25N5O2S. The van der Waals surface area contributed by atoms with Gasteiger partial charge in [-0.05, 0) is 41.8 Å². The van der Waals surface area contributed by atoms with E-state index in [1.54, 1.807) is 10.9 Å². The van der Waals surface area contributed by atoms with Crippen molar-refractivity contribution in [1.29, 1.82) is 0 Å². The Balaban J connectivity index is 1.73. The van der Waals surface area contributed by atoms with Crippen molar-refractivity contribution in [3.8, 4) is 0 Å². The second-order valence-electron chi connectivity index (χ2n) is 6.28. The lowest BCUT2D eigenvalue weighted by Crippen LogP contribution is -2.33. The van der Waals surface area contributed by atoms with Gasteiger partial charge < -0.3 is 9.73 Å². The van der Waals surface area contributed by atoms with Crippen molar-refractivity contribution >= 4 is 17.7 Å². The highest BCUT2D eigenvalue weighted by molar-refractivity contribution is 7.99. The first kappa shape index (κ1) is 18.5. The van der Waals surface area contributed by atoms with Crippen LogP contribution in [-0.4, -0.2) is 37.9 Å². The van der Waals surface area contributed by atoms with Gasteiger partial charge in [0.2, 0.25) is 11.1 Å². The summed E-state index contributed by atoms with van der Waals surface area (Å²) in [7, 11) is 0. The maximum atomic E-state index is 12.0. The van der Waals surface area contributed by atoms with Gasteiger partial charge in [-0.25, -0.2) is 4.68 Å². The number of hydrogen-bond donors (Lipinski definition) is 1. The minimum atomic E-state index is 0.00426. The van der Waals surface area contributed by atoms with Crippen LogP contribution in [-0.2, 0) is 11.3 Å². The van der Waals surface area contributed by atoms with Crippen LogP contribution in [0.2, 0.25) is 0 Å². The fourth-order valence-electron chi connectivity index (χ4n) is 2.30. The summed E-state index contributed by atoms with van der Waals surface area (Å²) in [6, 6.07) is 3.87. The number of furan rings is 1. The first-order valence-electron chi connectivity index (χ1n) is 8.25. The zero-order valence-corrected chi connectivity index (χ0v) is 15.3. The third-order valence-corrected chi connectivity index (χ3v) is 4.50. The number of tetrazole rings is 1. The Hall–Kier alpha value is -1.83. The summed E-state index contributed by atoms with van der Waals surface area (Å²) >= 11 is 1.33. The van der Waals surface area contributed by atoms with Gasteiger partial charge in [0.15, 0.2) is 0 Å². The quantitative estimate of drug-likeness (QED) is 0.662. The number of nitrogens with zero attached hydrogens (tertiary/aromatic N) is 4. The average Bonchev–Trinajstić information content (AvgIpc) is 3.17. The van der Waals surface area contributed by atoms with Gasteiger partial charge in [0.05, 0.1) is 12.0 Å². The van der Waals surface area contributed by atoms with Gasteiger partial charge in [-0.15, -0.1) is 5.10 Å². The van der Waals surface area contributed by atoms with E-state index in [0.717, 1.165) is 18.6 Å². The third-order valence-electron chi connectivity index (χ3n) is 3.54. The van der Waals surface area contributed by atoms with Crippen LogP contribution in [0.1, 0.15) is 45.8 Å². The summed E-state index contributed by atoms with van der Waals surface area (Å²) in [5.41, 5.74) is 0. The van der Waals surface area contributed by atoms with Crippen molar-refractivity contribution < 1.29 is 9.21 Å². The van der Waals surface area contributed by atoms with Gasteiger partial charge in [0.25, 0.3) is 0 Å². The number of rotatable bonds is 10. The van der Waals surface area contributed by atoms with Crippen LogP contribution in [0.4, 0.5) is 0 Å². The van der Waals surface area contributed by atoms with E-state index in [4.69, 9.17) is 4.42 Å². The zero-order valence-electron chi connectivity index (χ0n) is 14.4. The van der Waals surface area contributed by atoms with E-state index in [1.165, 1.54) is 18.2 Å². The Morgan fingerprint density at radius 3 is 2.92 bits per heavy atom. The van der Waals surface area contributed by atoms with Crippen molar-refractivity contribution in [3.05, 3.63) is 24.2 Å². The Bertz CT molecular complexity index is 612. The second kappa shape index (κ2) is 9.46. The van der Waals surface area contributed by atoms with Crippen LogP contribution in [0.3, 0.4) is 0 Å². The normalized spacial score (nSPS) is 12.5. The van der Waals surface area contributed by atoms with E-state index in [0.29, 0.717) is 23.4 Å². The Labute approximate surface area is 146 Å². The Kier molecular flexibility index (Phi) is 7.30. The van der Waals surface area contributed by atoms with Gasteiger partial charge in [-0.3, -0.25) is 4.79 Å². The lowest BCUT2D eigenvalue weighted by molar-refractivity contribution is -0.119. The minimum absolute atomic E-state index is 0.00426. The highest BCUT2D eigenvalue weighted by atomic mass is 32.2. The first-order valence-corrected chi connectivity index (χ1v) is 9.24. The van der Waals surface area contributed by atoms with Gasteiger partial charge in [-0.1, -0.05) is 38.5 Å². The van der Waals surface area contributed by atoms with Gasteiger partial charge in [0.1, 0.15) is 12.3 Å². The van der Waals surface area contributed by atoms with E-state index in [1.807, 2.05) is 19.1 Å². The standard InChI is InChI=1S/C16H25N5O2S/c1-12(2)6-4-7-13(3)17-15(22)11-24-16-18-19-20-21(16)10-14-8-5-9-23-14/h5,8-9,12-13H,4,6-7,10-11H2,1-3H3,(H,17,22). The van der Waals surface area contributed by atoms with E-state index in [-0.39, 0.29) is 11.9 Å². The van der Waals surface area contributed by atoms with Crippen LogP contribution in [0.5, 0.6) is 0 Å². The van der Waals surface area contributed by atoms with Crippen LogP contribution < -0.4 is 5.32 Å². The molecule has 1 amide bonds. The Morgan fingerprint density at radius 2 is 2.21 bits per heavy atom. The SMILES string of the molecule is CC(C)CCCC(C)NC(=O)CSc1nnnn1Cc1ccco1. The van der Waals surface area contributed by atoms with Crippen molar-refractivity contribution in [2.45, 2.75) is 57.8 Å². The third kappa shape index (κ3) is 6.35.